The Balaban J connectivity index is 2.16. The molecule has 15 heavy (non-hydrogen) atoms. The molecule has 1 fully saturated rings. The lowest BCUT2D eigenvalue weighted by molar-refractivity contribution is -0.148. The minimum absolute atomic E-state index is 0.0485. The van der Waals surface area contributed by atoms with Crippen molar-refractivity contribution in [3.8, 4) is 0 Å². The van der Waals surface area contributed by atoms with Gasteiger partial charge in [-0.3, -0.25) is 4.79 Å². The van der Waals surface area contributed by atoms with E-state index in [1.807, 2.05) is 0 Å². The van der Waals surface area contributed by atoms with Crippen LogP contribution in [0.2, 0.25) is 0 Å². The molecule has 0 aliphatic carbocycles. The molecule has 1 heterocycles. The molecule has 1 N–H and O–H groups in total. The van der Waals surface area contributed by atoms with Gasteiger partial charge in [-0.25, -0.2) is 0 Å². The van der Waals surface area contributed by atoms with E-state index < -0.39 is 0 Å². The predicted octanol–water partition coefficient (Wildman–Crippen LogP) is 2.11. The molecule has 0 aromatic heterocycles. The lowest BCUT2D eigenvalue weighted by atomic mass is 10.1. The summed E-state index contributed by atoms with van der Waals surface area (Å²) < 4.78 is 5.29. The van der Waals surface area contributed by atoms with Crippen LogP contribution >= 0.6 is 0 Å². The molecule has 0 bridgehead atoms. The van der Waals surface area contributed by atoms with Gasteiger partial charge < -0.3 is 10.1 Å². The second-order valence-corrected chi connectivity index (χ2v) is 4.53. The summed E-state index contributed by atoms with van der Waals surface area (Å²) in [7, 11) is 0. The topological polar surface area (TPSA) is 38.3 Å². The van der Waals surface area contributed by atoms with Crippen LogP contribution in [-0.2, 0) is 9.53 Å². The van der Waals surface area contributed by atoms with Crippen molar-refractivity contribution in [1.29, 1.82) is 0 Å². The SMILES string of the molecule is CCCC(C)COC(=O)C1CCCCN1. The summed E-state index contributed by atoms with van der Waals surface area (Å²) in [6.07, 6.45) is 5.53. The average Bonchev–Trinajstić information content (AvgIpc) is 2.27. The van der Waals surface area contributed by atoms with Gasteiger partial charge in [0.25, 0.3) is 0 Å². The van der Waals surface area contributed by atoms with Crippen LogP contribution in [0.25, 0.3) is 0 Å². The van der Waals surface area contributed by atoms with Gasteiger partial charge in [0.15, 0.2) is 0 Å². The maximum absolute atomic E-state index is 11.6. The third-order valence-corrected chi connectivity index (χ3v) is 2.89. The normalized spacial score (nSPS) is 23.5. The summed E-state index contributed by atoms with van der Waals surface area (Å²) in [6, 6.07) is -0.0485. The summed E-state index contributed by atoms with van der Waals surface area (Å²) in [5.74, 6) is 0.431. The van der Waals surface area contributed by atoms with Gasteiger partial charge in [0.2, 0.25) is 0 Å². The molecule has 1 rings (SSSR count). The number of piperidine rings is 1. The molecule has 3 heteroatoms. The van der Waals surface area contributed by atoms with Crippen molar-refractivity contribution in [3.63, 3.8) is 0 Å². The largest absolute Gasteiger partial charge is 0.464 e. The van der Waals surface area contributed by atoms with Crippen LogP contribution in [-0.4, -0.2) is 25.2 Å². The molecule has 88 valence electrons. The molecule has 0 saturated carbocycles. The van der Waals surface area contributed by atoms with Crippen LogP contribution in [0.1, 0.15) is 46.0 Å². The van der Waals surface area contributed by atoms with Crippen molar-refractivity contribution in [3.05, 3.63) is 0 Å². The van der Waals surface area contributed by atoms with E-state index in [9.17, 15) is 4.79 Å². The quantitative estimate of drug-likeness (QED) is 0.711. The summed E-state index contributed by atoms with van der Waals surface area (Å²) in [5.41, 5.74) is 0. The van der Waals surface area contributed by atoms with Gasteiger partial charge in [-0.1, -0.05) is 26.7 Å². The highest BCUT2D eigenvalue weighted by Gasteiger charge is 2.22. The number of rotatable bonds is 5. The van der Waals surface area contributed by atoms with Crippen molar-refractivity contribution in [2.24, 2.45) is 5.92 Å². The zero-order valence-corrected chi connectivity index (χ0v) is 9.92. The fourth-order valence-corrected chi connectivity index (χ4v) is 1.95. The van der Waals surface area contributed by atoms with Crippen molar-refractivity contribution in [1.82, 2.24) is 5.32 Å². The van der Waals surface area contributed by atoms with Gasteiger partial charge in [-0.15, -0.1) is 0 Å². The summed E-state index contributed by atoms with van der Waals surface area (Å²) in [4.78, 5) is 11.6. The molecule has 1 aliphatic heterocycles. The van der Waals surface area contributed by atoms with E-state index >= 15 is 0 Å². The predicted molar refractivity (Wildman–Crippen MR) is 60.7 cm³/mol. The molecular formula is C12H23NO2. The monoisotopic (exact) mass is 213 g/mol. The summed E-state index contributed by atoms with van der Waals surface area (Å²) in [5, 5.41) is 3.20. The van der Waals surface area contributed by atoms with E-state index in [0.29, 0.717) is 12.5 Å². The number of carbonyl (C=O) groups is 1. The van der Waals surface area contributed by atoms with Gasteiger partial charge >= 0.3 is 5.97 Å². The van der Waals surface area contributed by atoms with Crippen molar-refractivity contribution in [2.75, 3.05) is 13.2 Å². The maximum atomic E-state index is 11.6. The highest BCUT2D eigenvalue weighted by atomic mass is 16.5. The van der Waals surface area contributed by atoms with Crippen LogP contribution in [0, 0.1) is 5.92 Å². The first-order valence-corrected chi connectivity index (χ1v) is 6.14. The standard InChI is InChI=1S/C12H23NO2/c1-3-6-10(2)9-15-12(14)11-7-4-5-8-13-11/h10-11,13H,3-9H2,1-2H3. The van der Waals surface area contributed by atoms with Gasteiger partial charge in [-0.05, 0) is 31.7 Å². The molecule has 0 aromatic carbocycles. The lowest BCUT2D eigenvalue weighted by Crippen LogP contribution is -2.41. The molecule has 2 unspecified atom stereocenters. The van der Waals surface area contributed by atoms with Gasteiger partial charge in [0.1, 0.15) is 6.04 Å². The fourth-order valence-electron chi connectivity index (χ4n) is 1.95. The Hall–Kier alpha value is -0.570. The van der Waals surface area contributed by atoms with Crippen LogP contribution in [0.5, 0.6) is 0 Å². The van der Waals surface area contributed by atoms with Crippen molar-refractivity contribution in [2.45, 2.75) is 52.0 Å². The number of hydrogen-bond acceptors (Lipinski definition) is 3. The van der Waals surface area contributed by atoms with Gasteiger partial charge in [-0.2, -0.15) is 0 Å². The van der Waals surface area contributed by atoms with E-state index in [1.165, 1.54) is 6.42 Å². The van der Waals surface area contributed by atoms with E-state index in [-0.39, 0.29) is 12.0 Å². The molecule has 1 aliphatic rings. The molecule has 0 aromatic rings. The Kier molecular flexibility index (Phi) is 5.69. The van der Waals surface area contributed by atoms with Crippen LogP contribution in [0.4, 0.5) is 0 Å². The molecule has 2 atom stereocenters. The van der Waals surface area contributed by atoms with Gasteiger partial charge in [0.05, 0.1) is 6.61 Å². The minimum atomic E-state index is -0.0577. The molecular weight excluding hydrogens is 190 g/mol. The Morgan fingerprint density at radius 2 is 2.33 bits per heavy atom. The number of esters is 1. The first kappa shape index (κ1) is 12.5. The van der Waals surface area contributed by atoms with Crippen LogP contribution < -0.4 is 5.32 Å². The molecule has 0 spiro atoms. The summed E-state index contributed by atoms with van der Waals surface area (Å²) in [6.45, 7) is 5.81. The lowest BCUT2D eigenvalue weighted by Gasteiger charge is -2.22. The second-order valence-electron chi connectivity index (χ2n) is 4.53. The van der Waals surface area contributed by atoms with Crippen LogP contribution in [0.3, 0.4) is 0 Å². The highest BCUT2D eigenvalue weighted by molar-refractivity contribution is 5.75. The van der Waals surface area contributed by atoms with E-state index in [0.717, 1.165) is 32.2 Å². The Morgan fingerprint density at radius 3 is 2.93 bits per heavy atom. The highest BCUT2D eigenvalue weighted by Crippen LogP contribution is 2.10. The molecule has 3 nitrogen and oxygen atoms in total. The van der Waals surface area contributed by atoms with E-state index in [1.54, 1.807) is 0 Å². The third kappa shape index (κ3) is 4.65. The third-order valence-electron chi connectivity index (χ3n) is 2.89. The number of ether oxygens (including phenoxy) is 1. The Morgan fingerprint density at radius 1 is 1.53 bits per heavy atom. The maximum Gasteiger partial charge on any atom is 0.323 e. The van der Waals surface area contributed by atoms with E-state index in [4.69, 9.17) is 4.74 Å². The number of nitrogens with one attached hydrogen (secondary N) is 1. The Bertz CT molecular complexity index is 188. The van der Waals surface area contributed by atoms with Crippen LogP contribution in [0.15, 0.2) is 0 Å². The Labute approximate surface area is 92.6 Å². The number of hydrogen-bond donors (Lipinski definition) is 1. The molecule has 0 radical (unpaired) electrons. The minimum Gasteiger partial charge on any atom is -0.464 e. The fraction of sp³-hybridized carbons (Fsp3) is 0.917. The summed E-state index contributed by atoms with van der Waals surface area (Å²) >= 11 is 0. The van der Waals surface area contributed by atoms with Crippen molar-refractivity contribution < 1.29 is 9.53 Å². The van der Waals surface area contributed by atoms with E-state index in [2.05, 4.69) is 19.2 Å². The van der Waals surface area contributed by atoms with Crippen molar-refractivity contribution >= 4 is 5.97 Å². The first-order valence-electron chi connectivity index (χ1n) is 6.14. The zero-order chi connectivity index (χ0) is 11.1. The second kappa shape index (κ2) is 6.83. The average molecular weight is 213 g/mol. The zero-order valence-electron chi connectivity index (χ0n) is 9.92. The first-order chi connectivity index (χ1) is 7.24. The molecule has 0 amide bonds. The van der Waals surface area contributed by atoms with Gasteiger partial charge in [0, 0.05) is 0 Å². The number of carbonyl (C=O) groups excluding carboxylic acids is 1. The molecule has 1 saturated heterocycles. The smallest absolute Gasteiger partial charge is 0.323 e.